The van der Waals surface area contributed by atoms with Gasteiger partial charge in [-0.25, -0.2) is 0 Å². The summed E-state index contributed by atoms with van der Waals surface area (Å²) < 4.78 is 5.46. The molecule has 2 aliphatic rings. The fourth-order valence-electron chi connectivity index (χ4n) is 5.42. The number of allylic oxidation sites excluding steroid dienone is 2. The van der Waals surface area contributed by atoms with Crippen LogP contribution in [0.2, 0.25) is 0 Å². The van der Waals surface area contributed by atoms with E-state index in [1.54, 1.807) is 6.08 Å². The highest BCUT2D eigenvalue weighted by molar-refractivity contribution is 5.65. The van der Waals surface area contributed by atoms with Crippen LogP contribution in [0.5, 0.6) is 0 Å². The summed E-state index contributed by atoms with van der Waals surface area (Å²) in [5.41, 5.74) is 2.40. The molecule has 3 heteroatoms. The van der Waals surface area contributed by atoms with Gasteiger partial charge >= 0.3 is 5.97 Å². The van der Waals surface area contributed by atoms with Crippen LogP contribution in [0.3, 0.4) is 0 Å². The molecular weight excluding hydrogens is 312 g/mol. The lowest BCUT2D eigenvalue weighted by molar-refractivity contribution is -0.149. The van der Waals surface area contributed by atoms with Gasteiger partial charge < -0.3 is 9.84 Å². The third-order valence-corrected chi connectivity index (χ3v) is 6.99. The summed E-state index contributed by atoms with van der Waals surface area (Å²) in [6.45, 7) is 14.6. The second-order valence-corrected chi connectivity index (χ2v) is 9.12. The number of esters is 1. The van der Waals surface area contributed by atoms with Crippen molar-refractivity contribution in [1.82, 2.24) is 0 Å². The zero-order valence-corrected chi connectivity index (χ0v) is 16.8. The molecule has 2 aliphatic carbocycles. The van der Waals surface area contributed by atoms with Gasteiger partial charge in [0.15, 0.2) is 0 Å². The molecule has 4 unspecified atom stereocenters. The summed E-state index contributed by atoms with van der Waals surface area (Å²) in [4.78, 5) is 11.4. The first-order chi connectivity index (χ1) is 11.5. The van der Waals surface area contributed by atoms with E-state index in [2.05, 4.69) is 27.4 Å². The van der Waals surface area contributed by atoms with Gasteiger partial charge in [0.05, 0.1) is 12.2 Å². The van der Waals surface area contributed by atoms with E-state index in [-0.39, 0.29) is 16.8 Å². The Morgan fingerprint density at radius 2 is 2.12 bits per heavy atom. The summed E-state index contributed by atoms with van der Waals surface area (Å²) >= 11 is 0. The van der Waals surface area contributed by atoms with Crippen LogP contribution in [0.4, 0.5) is 0 Å². The second kappa shape index (κ2) is 7.26. The third kappa shape index (κ3) is 4.19. The van der Waals surface area contributed by atoms with Gasteiger partial charge in [0.2, 0.25) is 0 Å². The molecule has 0 saturated heterocycles. The minimum Gasteiger partial charge on any atom is -0.465 e. The smallest absolute Gasteiger partial charge is 0.302 e. The first kappa shape index (κ1) is 20.2. The van der Waals surface area contributed by atoms with Crippen molar-refractivity contribution in [2.45, 2.75) is 85.2 Å². The van der Waals surface area contributed by atoms with Gasteiger partial charge in [0.1, 0.15) is 0 Å². The maximum Gasteiger partial charge on any atom is 0.302 e. The van der Waals surface area contributed by atoms with Crippen LogP contribution in [-0.2, 0) is 9.53 Å². The van der Waals surface area contributed by atoms with Crippen LogP contribution in [0.25, 0.3) is 0 Å². The Morgan fingerprint density at radius 1 is 1.44 bits per heavy atom. The number of hydrogen-bond donors (Lipinski definition) is 1. The van der Waals surface area contributed by atoms with Crippen LogP contribution >= 0.6 is 0 Å². The Bertz CT molecular complexity index is 560. The Labute approximate surface area is 153 Å². The van der Waals surface area contributed by atoms with Crippen LogP contribution in [0.1, 0.15) is 79.6 Å². The number of fused-ring (bicyclic) bond motifs is 1. The molecule has 0 bridgehead atoms. The fraction of sp³-hybridized carbons (Fsp3) is 0.773. The molecule has 0 aromatic rings. The molecule has 1 fully saturated rings. The zero-order chi connectivity index (χ0) is 18.9. The van der Waals surface area contributed by atoms with E-state index in [9.17, 15) is 9.90 Å². The molecule has 4 atom stereocenters. The zero-order valence-electron chi connectivity index (χ0n) is 16.8. The van der Waals surface area contributed by atoms with Crippen molar-refractivity contribution in [2.75, 3.05) is 6.61 Å². The summed E-state index contributed by atoms with van der Waals surface area (Å²) in [6.07, 6.45) is 9.04. The summed E-state index contributed by atoms with van der Waals surface area (Å²) in [5.74, 6) is 0.346. The van der Waals surface area contributed by atoms with Crippen LogP contribution in [0.15, 0.2) is 23.8 Å². The van der Waals surface area contributed by atoms with E-state index in [1.807, 2.05) is 6.92 Å². The first-order valence-corrected chi connectivity index (χ1v) is 9.72. The average Bonchev–Trinajstić information content (AvgIpc) is 2.52. The molecule has 25 heavy (non-hydrogen) atoms. The standard InChI is InChI=1S/C22H36O3/c1-7-21(5,24)14-11-18-16(2)9-10-19-20(4,15-25-17(3)23)12-8-13-22(18,19)6/h7,19,24H,1,8-15H2,2-6H3. The third-order valence-electron chi connectivity index (χ3n) is 6.99. The number of carbonyl (C=O) groups excluding carboxylic acids is 1. The lowest BCUT2D eigenvalue weighted by atomic mass is 9.49. The van der Waals surface area contributed by atoms with E-state index in [0.29, 0.717) is 18.9 Å². The quantitative estimate of drug-likeness (QED) is 0.531. The maximum atomic E-state index is 11.4. The van der Waals surface area contributed by atoms with E-state index >= 15 is 0 Å². The van der Waals surface area contributed by atoms with Gasteiger partial charge in [-0.15, -0.1) is 6.58 Å². The minimum atomic E-state index is -0.813. The molecule has 0 amide bonds. The highest BCUT2D eigenvalue weighted by Crippen LogP contribution is 2.60. The molecule has 1 N–H and O–H groups in total. The Morgan fingerprint density at radius 3 is 2.72 bits per heavy atom. The van der Waals surface area contributed by atoms with Crippen LogP contribution in [-0.4, -0.2) is 23.3 Å². The number of hydrogen-bond acceptors (Lipinski definition) is 3. The predicted octanol–water partition coefficient (Wildman–Crippen LogP) is 5.19. The molecule has 142 valence electrons. The highest BCUT2D eigenvalue weighted by atomic mass is 16.5. The monoisotopic (exact) mass is 348 g/mol. The maximum absolute atomic E-state index is 11.4. The molecule has 0 radical (unpaired) electrons. The molecule has 0 heterocycles. The van der Waals surface area contributed by atoms with Crippen molar-refractivity contribution in [2.24, 2.45) is 16.7 Å². The van der Waals surface area contributed by atoms with Crippen molar-refractivity contribution >= 4 is 5.97 Å². The normalized spacial score (nSPS) is 34.9. The van der Waals surface area contributed by atoms with Gasteiger partial charge in [-0.05, 0) is 63.7 Å². The van der Waals surface area contributed by atoms with Crippen molar-refractivity contribution < 1.29 is 14.6 Å². The van der Waals surface area contributed by atoms with Crippen LogP contribution in [0, 0.1) is 16.7 Å². The van der Waals surface area contributed by atoms with Crippen molar-refractivity contribution in [3.05, 3.63) is 23.8 Å². The predicted molar refractivity (Wildman–Crippen MR) is 102 cm³/mol. The topological polar surface area (TPSA) is 46.5 Å². The Balaban J connectivity index is 2.27. The molecule has 1 saturated carbocycles. The van der Waals surface area contributed by atoms with Crippen molar-refractivity contribution in [3.8, 4) is 0 Å². The molecular formula is C22H36O3. The average molecular weight is 349 g/mol. The fourth-order valence-corrected chi connectivity index (χ4v) is 5.42. The number of ether oxygens (including phenoxy) is 1. The largest absolute Gasteiger partial charge is 0.465 e. The highest BCUT2D eigenvalue weighted by Gasteiger charge is 2.52. The number of rotatable bonds is 6. The van der Waals surface area contributed by atoms with E-state index < -0.39 is 5.60 Å². The van der Waals surface area contributed by atoms with Gasteiger partial charge in [-0.2, -0.15) is 0 Å². The molecule has 0 spiro atoms. The number of aliphatic hydroxyl groups is 1. The molecule has 0 aliphatic heterocycles. The molecule has 0 aromatic carbocycles. The molecule has 0 aromatic heterocycles. The minimum absolute atomic E-state index is 0.0472. The lowest BCUT2D eigenvalue weighted by Crippen LogP contribution is -2.49. The van der Waals surface area contributed by atoms with Gasteiger partial charge in [-0.1, -0.05) is 37.5 Å². The molecule has 2 rings (SSSR count). The molecule has 3 nitrogen and oxygen atoms in total. The summed E-state index contributed by atoms with van der Waals surface area (Å²) in [7, 11) is 0. The van der Waals surface area contributed by atoms with Crippen molar-refractivity contribution in [1.29, 1.82) is 0 Å². The van der Waals surface area contributed by atoms with Gasteiger partial charge in [0, 0.05) is 12.3 Å². The first-order valence-electron chi connectivity index (χ1n) is 9.72. The second-order valence-electron chi connectivity index (χ2n) is 9.12. The summed E-state index contributed by atoms with van der Waals surface area (Å²) in [6, 6.07) is 0. The number of carbonyl (C=O) groups is 1. The van der Waals surface area contributed by atoms with Gasteiger partial charge in [0.25, 0.3) is 0 Å². The SMILES string of the molecule is C=CC(C)(O)CCC1=C(C)CCC2C(C)(COC(C)=O)CCCC12C. The van der Waals surface area contributed by atoms with Crippen LogP contribution < -0.4 is 0 Å². The van der Waals surface area contributed by atoms with E-state index in [1.165, 1.54) is 37.3 Å². The summed E-state index contributed by atoms with van der Waals surface area (Å²) in [5, 5.41) is 10.4. The Kier molecular flexibility index (Phi) is 5.88. The Hall–Kier alpha value is -1.09. The lowest BCUT2D eigenvalue weighted by Gasteiger charge is -2.56. The van der Waals surface area contributed by atoms with E-state index in [4.69, 9.17) is 4.74 Å². The van der Waals surface area contributed by atoms with E-state index in [0.717, 1.165) is 19.3 Å². The van der Waals surface area contributed by atoms with Gasteiger partial charge in [-0.3, -0.25) is 4.79 Å². The van der Waals surface area contributed by atoms with Crippen molar-refractivity contribution in [3.63, 3.8) is 0 Å².